The lowest BCUT2D eigenvalue weighted by atomic mass is 9.76. The van der Waals surface area contributed by atoms with Crippen LogP contribution in [0.4, 0.5) is 5.69 Å². The van der Waals surface area contributed by atoms with Crippen LogP contribution in [0.1, 0.15) is 72.3 Å². The standard InChI is InChI=1S/C23H32BNO4/c1-14-6-11-17-19(25(14)21(26)15-7-8-15)13-12-18(20(17)27-16-9-10-16)24-28-22(2,3)23(4,5)29-24/h12-16H,6-11H2,1-5H3/t14-/m0/s1. The lowest BCUT2D eigenvalue weighted by Gasteiger charge is -2.37. The summed E-state index contributed by atoms with van der Waals surface area (Å²) >= 11 is 0. The van der Waals surface area contributed by atoms with Gasteiger partial charge in [0.15, 0.2) is 0 Å². The zero-order valence-electron chi connectivity index (χ0n) is 18.3. The van der Waals surface area contributed by atoms with Crippen molar-refractivity contribution in [3.05, 3.63) is 17.7 Å². The van der Waals surface area contributed by atoms with E-state index in [0.717, 1.165) is 61.0 Å². The first kappa shape index (κ1) is 19.4. The fourth-order valence-electron chi connectivity index (χ4n) is 4.33. The summed E-state index contributed by atoms with van der Waals surface area (Å²) < 4.78 is 19.1. The Labute approximate surface area is 174 Å². The molecule has 2 heterocycles. The van der Waals surface area contributed by atoms with Gasteiger partial charge in [-0.1, -0.05) is 6.07 Å². The van der Waals surface area contributed by atoms with Gasteiger partial charge in [-0.25, -0.2) is 0 Å². The largest absolute Gasteiger partial charge is 0.498 e. The third-order valence-corrected chi connectivity index (χ3v) is 7.26. The molecule has 5 rings (SSSR count). The maximum absolute atomic E-state index is 13.0. The highest BCUT2D eigenvalue weighted by atomic mass is 16.7. The number of amides is 1. The van der Waals surface area contributed by atoms with Crippen molar-refractivity contribution >= 4 is 24.2 Å². The third kappa shape index (κ3) is 3.29. The molecule has 0 bridgehead atoms. The van der Waals surface area contributed by atoms with E-state index in [1.807, 2.05) is 4.90 Å². The molecular formula is C23H32BNO4. The van der Waals surface area contributed by atoms with Crippen LogP contribution < -0.4 is 15.1 Å². The number of nitrogens with zero attached hydrogens (tertiary/aromatic N) is 1. The number of hydrogen-bond donors (Lipinski definition) is 0. The van der Waals surface area contributed by atoms with Crippen LogP contribution in [0.2, 0.25) is 0 Å². The fourth-order valence-corrected chi connectivity index (χ4v) is 4.33. The molecule has 1 amide bonds. The molecule has 5 nitrogen and oxygen atoms in total. The summed E-state index contributed by atoms with van der Waals surface area (Å²) in [4.78, 5) is 15.1. The van der Waals surface area contributed by atoms with Crippen LogP contribution in [0.15, 0.2) is 12.1 Å². The van der Waals surface area contributed by atoms with Gasteiger partial charge in [-0.15, -0.1) is 0 Å². The number of benzene rings is 1. The topological polar surface area (TPSA) is 48.0 Å². The van der Waals surface area contributed by atoms with Gasteiger partial charge >= 0.3 is 7.12 Å². The van der Waals surface area contributed by atoms with Crippen molar-refractivity contribution in [1.82, 2.24) is 0 Å². The van der Waals surface area contributed by atoms with Crippen molar-refractivity contribution in [1.29, 1.82) is 0 Å². The Morgan fingerprint density at radius 3 is 2.31 bits per heavy atom. The second-order valence-corrected chi connectivity index (χ2v) is 10.3. The Morgan fingerprint density at radius 2 is 1.72 bits per heavy atom. The van der Waals surface area contributed by atoms with Gasteiger partial charge in [0.05, 0.1) is 23.0 Å². The Balaban J connectivity index is 1.56. The van der Waals surface area contributed by atoms with Gasteiger partial charge < -0.3 is 18.9 Å². The van der Waals surface area contributed by atoms with Crippen molar-refractivity contribution in [3.63, 3.8) is 0 Å². The predicted molar refractivity (Wildman–Crippen MR) is 114 cm³/mol. The number of anilines is 1. The van der Waals surface area contributed by atoms with E-state index in [1.165, 1.54) is 0 Å². The van der Waals surface area contributed by atoms with E-state index in [0.29, 0.717) is 0 Å². The van der Waals surface area contributed by atoms with Crippen LogP contribution in [0, 0.1) is 5.92 Å². The first-order valence-electron chi connectivity index (χ1n) is 11.2. The second kappa shape index (κ2) is 6.48. The molecule has 0 spiro atoms. The molecule has 2 aliphatic heterocycles. The van der Waals surface area contributed by atoms with Crippen LogP contribution in [-0.4, -0.2) is 36.4 Å². The number of carbonyl (C=O) groups is 1. The van der Waals surface area contributed by atoms with Gasteiger partial charge in [0.2, 0.25) is 5.91 Å². The van der Waals surface area contributed by atoms with Crippen LogP contribution in [0.25, 0.3) is 0 Å². The number of carbonyl (C=O) groups excluding carboxylic acids is 1. The van der Waals surface area contributed by atoms with Gasteiger partial charge in [-0.2, -0.15) is 0 Å². The van der Waals surface area contributed by atoms with Gasteiger partial charge in [-0.05, 0) is 79.2 Å². The SMILES string of the molecule is C[C@H]1CCc2c(ccc(B3OC(C)(C)C(C)(C)O3)c2OC2CC2)N1C(=O)C1CC1. The zero-order chi connectivity index (χ0) is 20.6. The molecule has 1 saturated heterocycles. The minimum absolute atomic E-state index is 0.207. The molecule has 0 N–H and O–H groups in total. The number of hydrogen-bond acceptors (Lipinski definition) is 4. The maximum Gasteiger partial charge on any atom is 0.498 e. The van der Waals surface area contributed by atoms with Crippen molar-refractivity contribution < 1.29 is 18.8 Å². The van der Waals surface area contributed by atoms with Gasteiger partial charge in [0, 0.05) is 23.0 Å². The summed E-state index contributed by atoms with van der Waals surface area (Å²) in [5.41, 5.74) is 2.34. The molecule has 29 heavy (non-hydrogen) atoms. The molecule has 0 unspecified atom stereocenters. The molecule has 156 valence electrons. The summed E-state index contributed by atoms with van der Waals surface area (Å²) in [7, 11) is -0.453. The van der Waals surface area contributed by atoms with E-state index in [9.17, 15) is 4.79 Å². The Hall–Kier alpha value is -1.53. The van der Waals surface area contributed by atoms with Gasteiger partial charge in [-0.3, -0.25) is 4.79 Å². The van der Waals surface area contributed by atoms with Crippen LogP contribution in [0.5, 0.6) is 5.75 Å². The molecule has 1 aromatic carbocycles. The summed E-state index contributed by atoms with van der Waals surface area (Å²) in [6, 6.07) is 4.38. The van der Waals surface area contributed by atoms with E-state index >= 15 is 0 Å². The van der Waals surface area contributed by atoms with E-state index < -0.39 is 18.3 Å². The average molecular weight is 397 g/mol. The summed E-state index contributed by atoms with van der Waals surface area (Å²) in [6.07, 6.45) is 6.37. The molecule has 6 heteroatoms. The van der Waals surface area contributed by atoms with Gasteiger partial charge in [0.25, 0.3) is 0 Å². The molecule has 3 fully saturated rings. The molecule has 0 aromatic heterocycles. The van der Waals surface area contributed by atoms with Crippen LogP contribution >= 0.6 is 0 Å². The Morgan fingerprint density at radius 1 is 1.07 bits per heavy atom. The number of ether oxygens (including phenoxy) is 1. The molecule has 2 aliphatic carbocycles. The van der Waals surface area contributed by atoms with E-state index in [-0.39, 0.29) is 24.0 Å². The van der Waals surface area contributed by atoms with Crippen molar-refractivity contribution in [3.8, 4) is 5.75 Å². The number of rotatable bonds is 4. The van der Waals surface area contributed by atoms with E-state index in [4.69, 9.17) is 14.0 Å². The average Bonchev–Trinajstić information content (AvgIpc) is 3.53. The van der Waals surface area contributed by atoms with Gasteiger partial charge in [0.1, 0.15) is 5.75 Å². The predicted octanol–water partition coefficient (Wildman–Crippen LogP) is 3.60. The highest BCUT2D eigenvalue weighted by Gasteiger charge is 2.53. The summed E-state index contributed by atoms with van der Waals surface area (Å²) in [5, 5.41) is 0. The zero-order valence-corrected chi connectivity index (χ0v) is 18.3. The first-order valence-corrected chi connectivity index (χ1v) is 11.2. The van der Waals surface area contributed by atoms with Crippen LogP contribution in [-0.2, 0) is 20.5 Å². The van der Waals surface area contributed by atoms with Crippen molar-refractivity contribution in [2.75, 3.05) is 4.90 Å². The summed E-state index contributed by atoms with van der Waals surface area (Å²) in [5.74, 6) is 1.38. The molecule has 2 saturated carbocycles. The lowest BCUT2D eigenvalue weighted by molar-refractivity contribution is -0.120. The molecule has 1 aromatic rings. The molecule has 4 aliphatic rings. The van der Waals surface area contributed by atoms with Crippen molar-refractivity contribution in [2.45, 2.75) is 96.5 Å². The summed E-state index contributed by atoms with van der Waals surface area (Å²) in [6.45, 7) is 10.5. The molecule has 0 radical (unpaired) electrons. The quantitative estimate of drug-likeness (QED) is 0.729. The third-order valence-electron chi connectivity index (χ3n) is 7.26. The minimum Gasteiger partial charge on any atom is -0.490 e. The lowest BCUT2D eigenvalue weighted by Crippen LogP contribution is -2.44. The second-order valence-electron chi connectivity index (χ2n) is 10.3. The minimum atomic E-state index is -0.453. The maximum atomic E-state index is 13.0. The highest BCUT2D eigenvalue weighted by Crippen LogP contribution is 2.43. The normalized spacial score (nSPS) is 27.7. The highest BCUT2D eigenvalue weighted by molar-refractivity contribution is 6.63. The Bertz CT molecular complexity index is 828. The van der Waals surface area contributed by atoms with Crippen LogP contribution in [0.3, 0.4) is 0 Å². The monoisotopic (exact) mass is 397 g/mol. The molecular weight excluding hydrogens is 365 g/mol. The fraction of sp³-hybridized carbons (Fsp3) is 0.696. The first-order chi connectivity index (χ1) is 13.7. The Kier molecular flexibility index (Phi) is 4.35. The number of fused-ring (bicyclic) bond motifs is 1. The van der Waals surface area contributed by atoms with E-state index in [2.05, 4.69) is 46.8 Å². The molecule has 1 atom stereocenters. The van der Waals surface area contributed by atoms with E-state index in [1.54, 1.807) is 0 Å². The van der Waals surface area contributed by atoms with Crippen molar-refractivity contribution in [2.24, 2.45) is 5.92 Å². The smallest absolute Gasteiger partial charge is 0.490 e.